The molecule has 4 heteroatoms. The molecule has 26 heavy (non-hydrogen) atoms. The number of thiophene rings is 1. The largest absolute Gasteiger partial charge is 0.203 e. The minimum atomic E-state index is -0.815. The Morgan fingerprint density at radius 1 is 1.00 bits per heavy atom. The molecule has 1 saturated carbocycles. The highest BCUT2D eigenvalue weighted by molar-refractivity contribution is 7.23. The molecule has 2 aromatic rings. The van der Waals surface area contributed by atoms with E-state index in [1.807, 2.05) is 13.0 Å². The Kier molecular flexibility index (Phi) is 6.13. The van der Waals surface area contributed by atoms with Crippen molar-refractivity contribution in [1.82, 2.24) is 0 Å². The van der Waals surface area contributed by atoms with Crippen molar-refractivity contribution in [3.8, 4) is 10.4 Å². The van der Waals surface area contributed by atoms with Gasteiger partial charge in [0.2, 0.25) is 0 Å². The Balaban J connectivity index is 1.85. The van der Waals surface area contributed by atoms with E-state index in [0.29, 0.717) is 21.1 Å². The summed E-state index contributed by atoms with van der Waals surface area (Å²) >= 11 is 1.25. The quantitative estimate of drug-likeness (QED) is 0.432. The molecule has 1 fully saturated rings. The molecule has 1 aromatic heterocycles. The Morgan fingerprint density at radius 2 is 1.73 bits per heavy atom. The standard InChI is InChI=1S/C22H23BF2S/c1-14(16-6-4-3-5-7-16)8-9-15(2)17-10-11-18(22(25)21(17)24)19-12-13-20(23)26-19/h8-13,16H,3-7H2,1-2H3/b14-8+,15-9+. The molecule has 1 heterocycles. The maximum atomic E-state index is 14.6. The maximum absolute atomic E-state index is 14.6. The lowest BCUT2D eigenvalue weighted by Gasteiger charge is -2.22. The summed E-state index contributed by atoms with van der Waals surface area (Å²) in [5.74, 6) is -0.988. The van der Waals surface area contributed by atoms with Gasteiger partial charge in [-0.15, -0.1) is 0 Å². The van der Waals surface area contributed by atoms with Gasteiger partial charge >= 0.3 is 0 Å². The first kappa shape index (κ1) is 19.1. The van der Waals surface area contributed by atoms with Gasteiger partial charge in [0.1, 0.15) is 7.85 Å². The molecular weight excluding hydrogens is 345 g/mol. The van der Waals surface area contributed by atoms with E-state index in [1.54, 1.807) is 24.3 Å². The molecule has 0 spiro atoms. The number of halogens is 2. The third-order valence-electron chi connectivity index (χ3n) is 5.24. The zero-order chi connectivity index (χ0) is 18.7. The first-order chi connectivity index (χ1) is 12.5. The highest BCUT2D eigenvalue weighted by Crippen LogP contribution is 2.32. The predicted molar refractivity (Wildman–Crippen MR) is 109 cm³/mol. The molecule has 0 N–H and O–H groups in total. The van der Waals surface area contributed by atoms with Crippen molar-refractivity contribution >= 4 is 29.5 Å². The summed E-state index contributed by atoms with van der Waals surface area (Å²) in [6.07, 6.45) is 10.3. The highest BCUT2D eigenvalue weighted by atomic mass is 32.1. The molecule has 0 nitrogen and oxygen atoms in total. The highest BCUT2D eigenvalue weighted by Gasteiger charge is 2.17. The third kappa shape index (κ3) is 4.17. The summed E-state index contributed by atoms with van der Waals surface area (Å²) < 4.78 is 29.8. The topological polar surface area (TPSA) is 0 Å². The average molecular weight is 368 g/mol. The molecule has 134 valence electrons. The van der Waals surface area contributed by atoms with Gasteiger partial charge in [0, 0.05) is 16.0 Å². The first-order valence-corrected chi connectivity index (χ1v) is 9.98. The Labute approximate surface area is 160 Å². The molecule has 1 aromatic carbocycles. The lowest BCUT2D eigenvalue weighted by Crippen LogP contribution is -2.07. The van der Waals surface area contributed by atoms with Crippen LogP contribution in [0.25, 0.3) is 16.0 Å². The van der Waals surface area contributed by atoms with Gasteiger partial charge in [-0.3, -0.25) is 0 Å². The van der Waals surface area contributed by atoms with Gasteiger partial charge < -0.3 is 0 Å². The van der Waals surface area contributed by atoms with Crippen molar-refractivity contribution in [2.45, 2.75) is 46.0 Å². The minimum Gasteiger partial charge on any atom is -0.203 e. The van der Waals surface area contributed by atoms with E-state index < -0.39 is 11.6 Å². The Hall–Kier alpha value is -1.68. The molecule has 1 aliphatic rings. The van der Waals surface area contributed by atoms with Crippen molar-refractivity contribution in [3.05, 3.63) is 59.2 Å². The van der Waals surface area contributed by atoms with Crippen LogP contribution < -0.4 is 4.78 Å². The molecule has 0 unspecified atom stereocenters. The van der Waals surface area contributed by atoms with E-state index in [4.69, 9.17) is 7.85 Å². The van der Waals surface area contributed by atoms with Crippen molar-refractivity contribution in [1.29, 1.82) is 0 Å². The Morgan fingerprint density at radius 3 is 2.38 bits per heavy atom. The van der Waals surface area contributed by atoms with Gasteiger partial charge in [0.05, 0.1) is 0 Å². The van der Waals surface area contributed by atoms with Crippen LogP contribution in [-0.2, 0) is 0 Å². The van der Waals surface area contributed by atoms with Crippen LogP contribution in [0.5, 0.6) is 0 Å². The van der Waals surface area contributed by atoms with E-state index in [1.165, 1.54) is 49.0 Å². The predicted octanol–water partition coefficient (Wildman–Crippen LogP) is 6.42. The second kappa shape index (κ2) is 8.34. The second-order valence-corrected chi connectivity index (χ2v) is 8.20. The molecular formula is C22H23BF2S. The van der Waals surface area contributed by atoms with Crippen molar-refractivity contribution < 1.29 is 8.78 Å². The van der Waals surface area contributed by atoms with Crippen LogP contribution in [0.2, 0.25) is 0 Å². The van der Waals surface area contributed by atoms with E-state index in [-0.39, 0.29) is 5.56 Å². The summed E-state index contributed by atoms with van der Waals surface area (Å²) in [6, 6.07) is 6.71. The molecule has 0 amide bonds. The van der Waals surface area contributed by atoms with E-state index in [9.17, 15) is 8.78 Å². The first-order valence-electron chi connectivity index (χ1n) is 9.16. The number of benzene rings is 1. The molecule has 2 radical (unpaired) electrons. The lowest BCUT2D eigenvalue weighted by molar-refractivity contribution is 0.403. The van der Waals surface area contributed by atoms with Crippen LogP contribution in [0.3, 0.4) is 0 Å². The van der Waals surface area contributed by atoms with Crippen LogP contribution >= 0.6 is 11.3 Å². The summed E-state index contributed by atoms with van der Waals surface area (Å²) in [5, 5.41) is 0. The van der Waals surface area contributed by atoms with Gasteiger partial charge in [-0.2, -0.15) is 11.3 Å². The maximum Gasteiger partial charge on any atom is 0.168 e. The Bertz CT molecular complexity index is 842. The minimum absolute atomic E-state index is 0.259. The van der Waals surface area contributed by atoms with Gasteiger partial charge in [-0.05, 0) is 55.1 Å². The number of rotatable bonds is 4. The van der Waals surface area contributed by atoms with Crippen molar-refractivity contribution in [2.75, 3.05) is 0 Å². The molecule has 0 aliphatic heterocycles. The second-order valence-electron chi connectivity index (χ2n) is 7.09. The van der Waals surface area contributed by atoms with E-state index in [0.717, 1.165) is 5.57 Å². The fourth-order valence-electron chi connectivity index (χ4n) is 3.58. The summed E-state index contributed by atoms with van der Waals surface area (Å²) in [7, 11) is 5.70. The zero-order valence-corrected chi connectivity index (χ0v) is 16.1. The van der Waals surface area contributed by atoms with E-state index in [2.05, 4.69) is 13.0 Å². The summed E-state index contributed by atoms with van der Waals surface area (Å²) in [4.78, 5) is 0.639. The van der Waals surface area contributed by atoms with Crippen molar-refractivity contribution in [3.63, 3.8) is 0 Å². The molecule has 1 aliphatic carbocycles. The van der Waals surface area contributed by atoms with Gasteiger partial charge in [-0.1, -0.05) is 49.1 Å². The van der Waals surface area contributed by atoms with Crippen molar-refractivity contribution in [2.24, 2.45) is 5.92 Å². The molecule has 0 saturated heterocycles. The lowest BCUT2D eigenvalue weighted by atomic mass is 9.84. The molecule has 0 atom stereocenters. The van der Waals surface area contributed by atoms with E-state index >= 15 is 0 Å². The smallest absolute Gasteiger partial charge is 0.168 e. The fourth-order valence-corrected chi connectivity index (χ4v) is 4.38. The van der Waals surface area contributed by atoms with Crippen LogP contribution in [-0.4, -0.2) is 7.85 Å². The van der Waals surface area contributed by atoms with Crippen LogP contribution in [0.1, 0.15) is 51.5 Å². The SMILES string of the molecule is [B]c1ccc(-c2ccc(/C(C)=C/C=C(\C)C3CCCCC3)c(F)c2F)s1. The van der Waals surface area contributed by atoms with Crippen LogP contribution in [0.15, 0.2) is 42.0 Å². The van der Waals surface area contributed by atoms with Gasteiger partial charge in [0.25, 0.3) is 0 Å². The number of hydrogen-bond acceptors (Lipinski definition) is 1. The monoisotopic (exact) mass is 368 g/mol. The molecule has 0 bridgehead atoms. The third-order valence-corrected chi connectivity index (χ3v) is 6.19. The summed E-state index contributed by atoms with van der Waals surface area (Å²) in [6.45, 7) is 3.96. The van der Waals surface area contributed by atoms with Crippen LogP contribution in [0, 0.1) is 17.6 Å². The van der Waals surface area contributed by atoms with Crippen LogP contribution in [0.4, 0.5) is 8.78 Å². The van der Waals surface area contributed by atoms with Gasteiger partial charge in [-0.25, -0.2) is 8.78 Å². The normalized spacial score (nSPS) is 16.9. The zero-order valence-electron chi connectivity index (χ0n) is 15.3. The number of allylic oxidation sites excluding steroid dienone is 4. The average Bonchev–Trinajstić information content (AvgIpc) is 3.08. The van der Waals surface area contributed by atoms with Gasteiger partial charge in [0.15, 0.2) is 11.6 Å². The number of hydrogen-bond donors (Lipinski definition) is 0. The fraction of sp³-hybridized carbons (Fsp3) is 0.364. The molecule has 3 rings (SSSR count). The summed E-state index contributed by atoms with van der Waals surface area (Å²) in [5.41, 5.74) is 2.63.